The molecule has 5 rings (SSSR count). The zero-order valence-corrected chi connectivity index (χ0v) is 17.4. The molecule has 0 unspecified atom stereocenters. The molecule has 0 saturated carbocycles. The van der Waals surface area contributed by atoms with E-state index in [4.69, 9.17) is 0 Å². The number of benzene rings is 3. The van der Waals surface area contributed by atoms with Crippen LogP contribution in [0.25, 0.3) is 10.8 Å². The molecule has 0 N–H and O–H groups in total. The van der Waals surface area contributed by atoms with Gasteiger partial charge in [0.1, 0.15) is 0 Å². The fraction of sp³-hybridized carbons (Fsp3) is 0.304. The third-order valence-corrected chi connectivity index (χ3v) is 7.92. The topological polar surface area (TPSA) is 43.9 Å². The van der Waals surface area contributed by atoms with Gasteiger partial charge in [-0.2, -0.15) is 4.31 Å². The van der Waals surface area contributed by atoms with Crippen LogP contribution in [0.5, 0.6) is 0 Å². The molecule has 3 aromatic rings. The van der Waals surface area contributed by atoms with E-state index in [1.54, 1.807) is 16.4 Å². The molecule has 6 heteroatoms. The Morgan fingerprint density at radius 1 is 0.793 bits per heavy atom. The van der Waals surface area contributed by atoms with Crippen LogP contribution < -0.4 is 4.90 Å². The van der Waals surface area contributed by atoms with Gasteiger partial charge in [-0.15, -0.1) is 0 Å². The minimum absolute atomic E-state index is 0.366. The van der Waals surface area contributed by atoms with Crippen molar-refractivity contribution in [1.82, 2.24) is 9.21 Å². The Morgan fingerprint density at radius 2 is 1.55 bits per heavy atom. The first kappa shape index (κ1) is 18.6. The molecule has 2 heterocycles. The Labute approximate surface area is 172 Å². The predicted octanol–water partition coefficient (Wildman–Crippen LogP) is 3.30. The third kappa shape index (κ3) is 3.31. The van der Waals surface area contributed by atoms with Gasteiger partial charge in [0, 0.05) is 45.0 Å². The van der Waals surface area contributed by atoms with E-state index < -0.39 is 10.0 Å². The summed E-state index contributed by atoms with van der Waals surface area (Å²) in [6.45, 7) is 4.89. The van der Waals surface area contributed by atoms with Crippen LogP contribution in [0.3, 0.4) is 0 Å². The summed E-state index contributed by atoms with van der Waals surface area (Å²) >= 11 is 0. The van der Waals surface area contributed by atoms with Gasteiger partial charge in [-0.05, 0) is 47.1 Å². The summed E-state index contributed by atoms with van der Waals surface area (Å²) in [5, 5.41) is 2.00. The second-order valence-electron chi connectivity index (χ2n) is 7.99. The number of sulfonamides is 1. The van der Waals surface area contributed by atoms with E-state index in [0.29, 0.717) is 18.0 Å². The molecule has 0 aliphatic carbocycles. The molecule has 0 amide bonds. The molecule has 0 radical (unpaired) electrons. The molecule has 0 spiro atoms. The van der Waals surface area contributed by atoms with Crippen molar-refractivity contribution in [2.75, 3.05) is 38.1 Å². The first-order valence-corrected chi connectivity index (χ1v) is 11.5. The zero-order valence-electron chi connectivity index (χ0n) is 16.6. The van der Waals surface area contributed by atoms with Crippen molar-refractivity contribution in [2.24, 2.45) is 0 Å². The number of hydrogen-bond acceptors (Lipinski definition) is 4. The SMILES string of the molecule is CN1CCN(c2cccc3c2CN(S(=O)(=O)c2ccc4ccccc4c2)C3)CC1. The first-order valence-electron chi connectivity index (χ1n) is 10.1. The number of piperazine rings is 1. The summed E-state index contributed by atoms with van der Waals surface area (Å²) in [4.78, 5) is 5.09. The second-order valence-corrected chi connectivity index (χ2v) is 9.93. The lowest BCUT2D eigenvalue weighted by molar-refractivity contribution is 0.312. The Hall–Kier alpha value is -2.41. The largest absolute Gasteiger partial charge is 0.369 e. The van der Waals surface area contributed by atoms with Gasteiger partial charge in [0.25, 0.3) is 0 Å². The molecule has 29 heavy (non-hydrogen) atoms. The van der Waals surface area contributed by atoms with E-state index in [0.717, 1.165) is 48.1 Å². The molecule has 5 nitrogen and oxygen atoms in total. The zero-order chi connectivity index (χ0) is 20.0. The van der Waals surface area contributed by atoms with Crippen LogP contribution in [0.4, 0.5) is 5.69 Å². The van der Waals surface area contributed by atoms with Crippen molar-refractivity contribution < 1.29 is 8.42 Å². The molecule has 3 aromatic carbocycles. The van der Waals surface area contributed by atoms with Gasteiger partial charge >= 0.3 is 0 Å². The number of hydrogen-bond donors (Lipinski definition) is 0. The van der Waals surface area contributed by atoms with Crippen LogP contribution in [0.2, 0.25) is 0 Å². The van der Waals surface area contributed by atoms with Gasteiger partial charge in [0.15, 0.2) is 0 Å². The number of fused-ring (bicyclic) bond motifs is 2. The van der Waals surface area contributed by atoms with Gasteiger partial charge in [0.05, 0.1) is 4.90 Å². The normalized spacial score (nSPS) is 18.3. The van der Waals surface area contributed by atoms with Crippen LogP contribution >= 0.6 is 0 Å². The van der Waals surface area contributed by atoms with Crippen LogP contribution in [0, 0.1) is 0 Å². The summed E-state index contributed by atoms with van der Waals surface area (Å²) in [5.41, 5.74) is 3.46. The molecule has 0 aromatic heterocycles. The lowest BCUT2D eigenvalue weighted by atomic mass is 10.1. The van der Waals surface area contributed by atoms with Crippen molar-refractivity contribution in [2.45, 2.75) is 18.0 Å². The molecule has 2 aliphatic heterocycles. The minimum Gasteiger partial charge on any atom is -0.369 e. The maximum absolute atomic E-state index is 13.4. The highest BCUT2D eigenvalue weighted by Crippen LogP contribution is 2.35. The van der Waals surface area contributed by atoms with E-state index in [1.165, 1.54) is 5.69 Å². The summed E-state index contributed by atoms with van der Waals surface area (Å²) in [6, 6.07) is 19.5. The fourth-order valence-corrected chi connectivity index (χ4v) is 5.79. The van der Waals surface area contributed by atoms with Crippen LogP contribution in [0.1, 0.15) is 11.1 Å². The fourth-order valence-electron chi connectivity index (χ4n) is 4.36. The van der Waals surface area contributed by atoms with Crippen molar-refractivity contribution >= 4 is 26.5 Å². The van der Waals surface area contributed by atoms with Crippen molar-refractivity contribution in [3.63, 3.8) is 0 Å². The molecule has 2 aliphatic rings. The molecular weight excluding hydrogens is 382 g/mol. The summed E-state index contributed by atoms with van der Waals surface area (Å²) in [6.07, 6.45) is 0. The maximum atomic E-state index is 13.4. The summed E-state index contributed by atoms with van der Waals surface area (Å²) < 4.78 is 28.4. The molecule has 1 saturated heterocycles. The van der Waals surface area contributed by atoms with Gasteiger partial charge < -0.3 is 9.80 Å². The summed E-state index contributed by atoms with van der Waals surface area (Å²) in [5.74, 6) is 0. The van der Waals surface area contributed by atoms with E-state index in [1.807, 2.05) is 30.3 Å². The predicted molar refractivity (Wildman–Crippen MR) is 117 cm³/mol. The van der Waals surface area contributed by atoms with E-state index in [9.17, 15) is 8.42 Å². The maximum Gasteiger partial charge on any atom is 0.243 e. The highest BCUT2D eigenvalue weighted by atomic mass is 32.2. The number of nitrogens with zero attached hydrogens (tertiary/aromatic N) is 3. The van der Waals surface area contributed by atoms with E-state index in [-0.39, 0.29) is 0 Å². The van der Waals surface area contributed by atoms with Crippen LogP contribution in [-0.2, 0) is 23.1 Å². The molecular formula is C23H25N3O2S. The van der Waals surface area contributed by atoms with Crippen molar-refractivity contribution in [1.29, 1.82) is 0 Å². The van der Waals surface area contributed by atoms with Crippen LogP contribution in [0.15, 0.2) is 65.6 Å². The van der Waals surface area contributed by atoms with Gasteiger partial charge in [-0.3, -0.25) is 0 Å². The molecule has 0 atom stereocenters. The highest BCUT2D eigenvalue weighted by molar-refractivity contribution is 7.89. The molecule has 150 valence electrons. The number of rotatable bonds is 3. The quantitative estimate of drug-likeness (QED) is 0.668. The van der Waals surface area contributed by atoms with E-state index in [2.05, 4.69) is 35.0 Å². The van der Waals surface area contributed by atoms with Gasteiger partial charge in [-0.25, -0.2) is 8.42 Å². The molecule has 0 bridgehead atoms. The molecule has 1 fully saturated rings. The lowest BCUT2D eigenvalue weighted by Gasteiger charge is -2.35. The van der Waals surface area contributed by atoms with Crippen molar-refractivity contribution in [3.8, 4) is 0 Å². The highest BCUT2D eigenvalue weighted by Gasteiger charge is 2.33. The standard InChI is InChI=1S/C23H25N3O2S/c1-24-11-13-25(14-12-24)23-8-4-7-20-16-26(17-22(20)23)29(27,28)21-10-9-18-5-2-3-6-19(18)15-21/h2-10,15H,11-14,16-17H2,1H3. The number of anilines is 1. The average molecular weight is 408 g/mol. The first-order chi connectivity index (χ1) is 14.0. The Morgan fingerprint density at radius 3 is 2.34 bits per heavy atom. The summed E-state index contributed by atoms with van der Waals surface area (Å²) in [7, 11) is -1.40. The Balaban J connectivity index is 1.45. The smallest absolute Gasteiger partial charge is 0.243 e. The lowest BCUT2D eigenvalue weighted by Crippen LogP contribution is -2.44. The van der Waals surface area contributed by atoms with Crippen LogP contribution in [-0.4, -0.2) is 50.8 Å². The van der Waals surface area contributed by atoms with Gasteiger partial charge in [0.2, 0.25) is 10.0 Å². The Bertz CT molecular complexity index is 1170. The van der Waals surface area contributed by atoms with Crippen molar-refractivity contribution in [3.05, 3.63) is 71.8 Å². The average Bonchev–Trinajstić information content (AvgIpc) is 3.19. The third-order valence-electron chi connectivity index (χ3n) is 6.13. The number of likely N-dealkylation sites (N-methyl/N-ethyl adjacent to an activating group) is 1. The second kappa shape index (κ2) is 7.13. The monoisotopic (exact) mass is 407 g/mol. The minimum atomic E-state index is -3.55. The van der Waals surface area contributed by atoms with Gasteiger partial charge in [-0.1, -0.05) is 42.5 Å². The van der Waals surface area contributed by atoms with E-state index >= 15 is 0 Å². The Kier molecular flexibility index (Phi) is 4.57.